The van der Waals surface area contributed by atoms with Crippen molar-refractivity contribution in [3.05, 3.63) is 65.4 Å². The molecule has 1 amide bonds. The summed E-state index contributed by atoms with van der Waals surface area (Å²) in [4.78, 5) is 12.2. The van der Waals surface area contributed by atoms with Crippen LogP contribution in [0, 0.1) is 0 Å². The second-order valence-corrected chi connectivity index (χ2v) is 6.90. The second-order valence-electron chi connectivity index (χ2n) is 6.90. The molecule has 0 aliphatic rings. The maximum Gasteiger partial charge on any atom is 0.220 e. The van der Waals surface area contributed by atoms with Gasteiger partial charge in [-0.15, -0.1) is 10.2 Å². The van der Waals surface area contributed by atoms with E-state index in [4.69, 9.17) is 18.6 Å². The summed E-state index contributed by atoms with van der Waals surface area (Å²) in [6, 6.07) is 13.4. The van der Waals surface area contributed by atoms with E-state index in [0.29, 0.717) is 42.7 Å². The number of methoxy groups -OCH3 is 3. The number of ether oxygens (including phenoxy) is 3. The summed E-state index contributed by atoms with van der Waals surface area (Å²) in [5.74, 6) is 3.10. The summed E-state index contributed by atoms with van der Waals surface area (Å²) in [6.45, 7) is 0.363. The predicted octanol–water partition coefficient (Wildman–Crippen LogP) is 3.13. The van der Waals surface area contributed by atoms with Gasteiger partial charge in [-0.2, -0.15) is 0 Å². The van der Waals surface area contributed by atoms with Gasteiger partial charge in [0.25, 0.3) is 0 Å². The van der Waals surface area contributed by atoms with Crippen molar-refractivity contribution in [1.82, 2.24) is 15.5 Å². The largest absolute Gasteiger partial charge is 0.497 e. The lowest BCUT2D eigenvalue weighted by Crippen LogP contribution is -2.23. The van der Waals surface area contributed by atoms with Crippen LogP contribution in [0.1, 0.15) is 29.3 Å². The fourth-order valence-electron chi connectivity index (χ4n) is 3.07. The van der Waals surface area contributed by atoms with Crippen molar-refractivity contribution in [2.75, 3.05) is 21.3 Å². The molecule has 8 heteroatoms. The molecule has 0 atom stereocenters. The van der Waals surface area contributed by atoms with Gasteiger partial charge in [-0.25, -0.2) is 0 Å². The first kappa shape index (κ1) is 22.1. The van der Waals surface area contributed by atoms with Crippen LogP contribution in [0.5, 0.6) is 17.2 Å². The summed E-state index contributed by atoms with van der Waals surface area (Å²) >= 11 is 0. The van der Waals surface area contributed by atoms with Crippen LogP contribution in [0.15, 0.2) is 46.9 Å². The van der Waals surface area contributed by atoms with Gasteiger partial charge in [0, 0.05) is 37.4 Å². The summed E-state index contributed by atoms with van der Waals surface area (Å²) in [6.07, 6.45) is 2.04. The van der Waals surface area contributed by atoms with Crippen LogP contribution < -0.4 is 19.5 Å². The zero-order valence-electron chi connectivity index (χ0n) is 18.0. The topological polar surface area (TPSA) is 95.7 Å². The highest BCUT2D eigenvalue weighted by molar-refractivity contribution is 5.76. The van der Waals surface area contributed by atoms with E-state index in [1.165, 1.54) is 0 Å². The van der Waals surface area contributed by atoms with Gasteiger partial charge in [-0.05, 0) is 36.2 Å². The Morgan fingerprint density at radius 3 is 2.39 bits per heavy atom. The highest BCUT2D eigenvalue weighted by atomic mass is 16.5. The molecule has 1 heterocycles. The minimum absolute atomic E-state index is 0.103. The third kappa shape index (κ3) is 6.47. The summed E-state index contributed by atoms with van der Waals surface area (Å²) in [7, 11) is 4.83. The Morgan fingerprint density at radius 2 is 1.65 bits per heavy atom. The van der Waals surface area contributed by atoms with Crippen LogP contribution >= 0.6 is 0 Å². The van der Waals surface area contributed by atoms with E-state index in [1.807, 2.05) is 36.4 Å². The molecule has 0 saturated carbocycles. The molecular formula is C23H27N3O5. The van der Waals surface area contributed by atoms with E-state index in [2.05, 4.69) is 15.5 Å². The van der Waals surface area contributed by atoms with Crippen LogP contribution in [-0.2, 0) is 30.6 Å². The number of amides is 1. The fraction of sp³-hybridized carbons (Fsp3) is 0.348. The lowest BCUT2D eigenvalue weighted by molar-refractivity contribution is -0.121. The monoisotopic (exact) mass is 425 g/mol. The molecule has 0 fully saturated rings. The number of nitrogens with one attached hydrogen (secondary N) is 1. The number of hydrogen-bond donors (Lipinski definition) is 1. The summed E-state index contributed by atoms with van der Waals surface area (Å²) < 4.78 is 21.4. The third-order valence-electron chi connectivity index (χ3n) is 4.81. The van der Waals surface area contributed by atoms with E-state index >= 15 is 0 Å². The average molecular weight is 425 g/mol. The number of carbonyl (C=O) groups is 1. The molecular weight excluding hydrogens is 398 g/mol. The van der Waals surface area contributed by atoms with E-state index in [0.717, 1.165) is 23.3 Å². The Bertz CT molecular complexity index is 1000. The fourth-order valence-corrected chi connectivity index (χ4v) is 3.07. The first-order valence-corrected chi connectivity index (χ1v) is 10.0. The zero-order valence-corrected chi connectivity index (χ0v) is 18.0. The molecule has 0 aliphatic heterocycles. The number of aryl methyl sites for hydroxylation is 3. The maximum atomic E-state index is 12.2. The summed E-state index contributed by atoms with van der Waals surface area (Å²) in [5.41, 5.74) is 2.00. The van der Waals surface area contributed by atoms with Crippen LogP contribution in [-0.4, -0.2) is 37.4 Å². The van der Waals surface area contributed by atoms with E-state index < -0.39 is 0 Å². The number of hydrogen-bond acceptors (Lipinski definition) is 7. The molecule has 2 aromatic carbocycles. The van der Waals surface area contributed by atoms with Gasteiger partial charge in [0.1, 0.15) is 17.2 Å². The van der Waals surface area contributed by atoms with Crippen molar-refractivity contribution in [3.63, 3.8) is 0 Å². The van der Waals surface area contributed by atoms with Gasteiger partial charge in [-0.3, -0.25) is 4.79 Å². The maximum absolute atomic E-state index is 12.2. The molecule has 31 heavy (non-hydrogen) atoms. The van der Waals surface area contributed by atoms with Crippen molar-refractivity contribution in [1.29, 1.82) is 0 Å². The molecule has 3 rings (SSSR count). The molecule has 1 N–H and O–H groups in total. The van der Waals surface area contributed by atoms with Crippen molar-refractivity contribution < 1.29 is 23.4 Å². The van der Waals surface area contributed by atoms with Gasteiger partial charge in [-0.1, -0.05) is 12.1 Å². The third-order valence-corrected chi connectivity index (χ3v) is 4.81. The molecule has 0 radical (unpaired) electrons. The van der Waals surface area contributed by atoms with Gasteiger partial charge >= 0.3 is 0 Å². The predicted molar refractivity (Wildman–Crippen MR) is 114 cm³/mol. The van der Waals surface area contributed by atoms with E-state index in [9.17, 15) is 4.79 Å². The van der Waals surface area contributed by atoms with Crippen molar-refractivity contribution >= 4 is 5.91 Å². The van der Waals surface area contributed by atoms with Crippen LogP contribution in [0.4, 0.5) is 0 Å². The molecule has 0 spiro atoms. The van der Waals surface area contributed by atoms with E-state index in [1.54, 1.807) is 27.4 Å². The molecule has 0 unspecified atom stereocenters. The smallest absolute Gasteiger partial charge is 0.220 e. The first-order valence-electron chi connectivity index (χ1n) is 10.0. The minimum Gasteiger partial charge on any atom is -0.497 e. The molecule has 0 bridgehead atoms. The van der Waals surface area contributed by atoms with Crippen LogP contribution in [0.2, 0.25) is 0 Å². The Kier molecular flexibility index (Phi) is 7.86. The quantitative estimate of drug-likeness (QED) is 0.504. The van der Waals surface area contributed by atoms with Crippen LogP contribution in [0.25, 0.3) is 0 Å². The van der Waals surface area contributed by atoms with Crippen molar-refractivity contribution in [2.24, 2.45) is 0 Å². The Balaban J connectivity index is 1.44. The zero-order chi connectivity index (χ0) is 22.1. The first-order chi connectivity index (χ1) is 15.1. The van der Waals surface area contributed by atoms with Crippen LogP contribution in [0.3, 0.4) is 0 Å². The number of nitrogens with zero attached hydrogens (tertiary/aromatic N) is 2. The Labute approximate surface area is 181 Å². The van der Waals surface area contributed by atoms with Gasteiger partial charge in [0.15, 0.2) is 0 Å². The Morgan fingerprint density at radius 1 is 0.903 bits per heavy atom. The number of rotatable bonds is 11. The van der Waals surface area contributed by atoms with E-state index in [-0.39, 0.29) is 12.3 Å². The van der Waals surface area contributed by atoms with Crippen molar-refractivity contribution in [2.45, 2.75) is 32.2 Å². The average Bonchev–Trinajstić information content (AvgIpc) is 3.28. The second kappa shape index (κ2) is 11.0. The van der Waals surface area contributed by atoms with Gasteiger partial charge in [0.05, 0.1) is 21.3 Å². The molecule has 3 aromatic rings. The number of aromatic nitrogens is 2. The molecule has 0 aliphatic carbocycles. The lowest BCUT2D eigenvalue weighted by atomic mass is 10.1. The van der Waals surface area contributed by atoms with Gasteiger partial charge < -0.3 is 23.9 Å². The minimum atomic E-state index is -0.103. The van der Waals surface area contributed by atoms with Crippen molar-refractivity contribution in [3.8, 4) is 17.2 Å². The molecule has 1 aromatic heterocycles. The Hall–Kier alpha value is -3.55. The standard InChI is InChI=1S/C23H27N3O5/c1-28-18-6-4-5-16(13-18)7-11-22-25-26-23(31-22)12-10-21(27)24-15-17-8-9-19(29-2)14-20(17)30-3/h4-6,8-9,13-14H,7,10-12,15H2,1-3H3,(H,24,27). The lowest BCUT2D eigenvalue weighted by Gasteiger charge is -2.11. The van der Waals surface area contributed by atoms with Gasteiger partial charge in [0.2, 0.25) is 17.7 Å². The molecule has 0 saturated heterocycles. The summed E-state index contributed by atoms with van der Waals surface area (Å²) in [5, 5.41) is 11.0. The number of benzene rings is 2. The molecule has 164 valence electrons. The number of carbonyl (C=O) groups excluding carboxylic acids is 1. The highest BCUT2D eigenvalue weighted by Gasteiger charge is 2.11. The normalized spacial score (nSPS) is 10.5. The molecule has 8 nitrogen and oxygen atoms in total. The highest BCUT2D eigenvalue weighted by Crippen LogP contribution is 2.24. The SMILES string of the molecule is COc1cccc(CCc2nnc(CCC(=O)NCc3ccc(OC)cc3OC)o2)c1.